The summed E-state index contributed by atoms with van der Waals surface area (Å²) < 4.78 is 0. The predicted octanol–water partition coefficient (Wildman–Crippen LogP) is 2.66. The number of carbonyl (C=O) groups is 2. The van der Waals surface area contributed by atoms with Crippen molar-refractivity contribution < 1.29 is 9.59 Å². The van der Waals surface area contributed by atoms with Crippen molar-refractivity contribution in [2.45, 2.75) is 39.7 Å². The summed E-state index contributed by atoms with van der Waals surface area (Å²) in [5, 5.41) is 2.81. The number of rotatable bonds is 4. The van der Waals surface area contributed by atoms with Crippen LogP contribution in [0, 0.1) is 0 Å². The Balaban J connectivity index is 2.51. The van der Waals surface area contributed by atoms with Crippen LogP contribution in [0.1, 0.15) is 34.1 Å². The van der Waals surface area contributed by atoms with Gasteiger partial charge in [0.2, 0.25) is 11.8 Å². The zero-order valence-electron chi connectivity index (χ0n) is 12.1. The molecule has 0 saturated carbocycles. The molecule has 19 heavy (non-hydrogen) atoms. The number of anilines is 1. The largest absolute Gasteiger partial charge is 0.338 e. The summed E-state index contributed by atoms with van der Waals surface area (Å²) in [6, 6.07) is 9.31. The molecule has 0 atom stereocenters. The maximum absolute atomic E-state index is 11.8. The van der Waals surface area contributed by atoms with Gasteiger partial charge in [-0.25, -0.2) is 0 Å². The van der Waals surface area contributed by atoms with Gasteiger partial charge in [0, 0.05) is 31.1 Å². The Kier molecular flexibility index (Phi) is 5.10. The van der Waals surface area contributed by atoms with Crippen molar-refractivity contribution in [1.29, 1.82) is 0 Å². The minimum absolute atomic E-state index is 0.0139. The summed E-state index contributed by atoms with van der Waals surface area (Å²) in [5.74, 6) is -0.0956. The van der Waals surface area contributed by atoms with E-state index in [0.29, 0.717) is 13.0 Å². The third-order valence-electron chi connectivity index (χ3n) is 2.81. The lowest BCUT2D eigenvalue weighted by Gasteiger charge is -2.34. The monoisotopic (exact) mass is 262 g/mol. The van der Waals surface area contributed by atoms with Crippen LogP contribution in [0.4, 0.5) is 5.69 Å². The zero-order chi connectivity index (χ0) is 14.5. The molecule has 0 aromatic heterocycles. The zero-order valence-corrected chi connectivity index (χ0v) is 12.1. The normalized spacial score (nSPS) is 10.9. The summed E-state index contributed by atoms with van der Waals surface area (Å²) in [6.45, 7) is 7.84. The Morgan fingerprint density at radius 2 is 1.74 bits per heavy atom. The third kappa shape index (κ3) is 5.12. The highest BCUT2D eigenvalue weighted by Crippen LogP contribution is 2.14. The number of hydrogen-bond donors (Lipinski definition) is 1. The second-order valence-electron chi connectivity index (χ2n) is 5.51. The van der Waals surface area contributed by atoms with E-state index in [-0.39, 0.29) is 17.4 Å². The number of para-hydroxylation sites is 1. The van der Waals surface area contributed by atoms with Crippen molar-refractivity contribution in [3.05, 3.63) is 30.3 Å². The molecule has 0 aliphatic heterocycles. The maximum Gasteiger partial charge on any atom is 0.226 e. The van der Waals surface area contributed by atoms with Crippen LogP contribution in [-0.4, -0.2) is 28.8 Å². The number of nitrogens with zero attached hydrogens (tertiary/aromatic N) is 1. The van der Waals surface area contributed by atoms with Crippen LogP contribution in [0.15, 0.2) is 30.3 Å². The fourth-order valence-corrected chi connectivity index (χ4v) is 1.92. The topological polar surface area (TPSA) is 49.4 Å². The van der Waals surface area contributed by atoms with Gasteiger partial charge in [0.25, 0.3) is 0 Å². The van der Waals surface area contributed by atoms with Gasteiger partial charge >= 0.3 is 0 Å². The lowest BCUT2D eigenvalue weighted by Crippen LogP contribution is -2.45. The highest BCUT2D eigenvalue weighted by molar-refractivity contribution is 5.91. The van der Waals surface area contributed by atoms with Crippen molar-refractivity contribution in [2.24, 2.45) is 0 Å². The lowest BCUT2D eigenvalue weighted by atomic mass is 10.1. The molecule has 0 unspecified atom stereocenters. The van der Waals surface area contributed by atoms with Crippen molar-refractivity contribution in [1.82, 2.24) is 4.90 Å². The quantitative estimate of drug-likeness (QED) is 0.907. The molecule has 1 N–H and O–H groups in total. The van der Waals surface area contributed by atoms with Gasteiger partial charge in [0.05, 0.1) is 0 Å². The predicted molar refractivity (Wildman–Crippen MR) is 76.8 cm³/mol. The molecule has 4 nitrogen and oxygen atoms in total. The molecular weight excluding hydrogens is 240 g/mol. The van der Waals surface area contributed by atoms with Crippen molar-refractivity contribution in [2.75, 3.05) is 11.9 Å². The minimum Gasteiger partial charge on any atom is -0.338 e. The number of amides is 2. The Morgan fingerprint density at radius 3 is 2.21 bits per heavy atom. The second kappa shape index (κ2) is 6.36. The fraction of sp³-hybridized carbons (Fsp3) is 0.467. The van der Waals surface area contributed by atoms with Crippen LogP contribution >= 0.6 is 0 Å². The average Bonchev–Trinajstić information content (AvgIpc) is 2.28. The number of benzene rings is 1. The van der Waals surface area contributed by atoms with E-state index >= 15 is 0 Å². The van der Waals surface area contributed by atoms with E-state index in [4.69, 9.17) is 0 Å². The molecule has 0 bridgehead atoms. The molecule has 104 valence electrons. The van der Waals surface area contributed by atoms with Gasteiger partial charge in [0.1, 0.15) is 0 Å². The smallest absolute Gasteiger partial charge is 0.226 e. The minimum atomic E-state index is -0.265. The molecule has 0 radical (unpaired) electrons. The van der Waals surface area contributed by atoms with E-state index in [9.17, 15) is 9.59 Å². The van der Waals surface area contributed by atoms with Crippen molar-refractivity contribution in [3.63, 3.8) is 0 Å². The third-order valence-corrected chi connectivity index (χ3v) is 2.81. The van der Waals surface area contributed by atoms with Gasteiger partial charge < -0.3 is 10.2 Å². The first-order valence-electron chi connectivity index (χ1n) is 6.44. The standard InChI is InChI=1S/C15H22N2O2/c1-12(18)17(15(2,3)4)11-10-14(19)16-13-8-6-5-7-9-13/h5-9H,10-11H2,1-4H3,(H,16,19). The first-order valence-corrected chi connectivity index (χ1v) is 6.44. The van der Waals surface area contributed by atoms with Gasteiger partial charge in [-0.2, -0.15) is 0 Å². The average molecular weight is 262 g/mol. The second-order valence-corrected chi connectivity index (χ2v) is 5.51. The van der Waals surface area contributed by atoms with Crippen LogP contribution in [0.25, 0.3) is 0 Å². The molecule has 0 fully saturated rings. The van der Waals surface area contributed by atoms with Crippen molar-refractivity contribution in [3.8, 4) is 0 Å². The lowest BCUT2D eigenvalue weighted by molar-refractivity contribution is -0.134. The molecule has 1 aromatic carbocycles. The Bertz CT molecular complexity index is 435. The van der Waals surface area contributed by atoms with E-state index in [2.05, 4.69) is 5.32 Å². The van der Waals surface area contributed by atoms with Crippen LogP contribution in [0.2, 0.25) is 0 Å². The number of hydrogen-bond acceptors (Lipinski definition) is 2. The molecule has 0 aliphatic carbocycles. The molecule has 1 rings (SSSR count). The SMILES string of the molecule is CC(=O)N(CCC(=O)Nc1ccccc1)C(C)(C)C. The van der Waals surface area contributed by atoms with Gasteiger partial charge in [-0.15, -0.1) is 0 Å². The number of carbonyl (C=O) groups excluding carboxylic acids is 2. The molecule has 1 aromatic rings. The molecule has 0 aliphatic rings. The van der Waals surface area contributed by atoms with E-state index in [1.54, 1.807) is 4.90 Å². The van der Waals surface area contributed by atoms with E-state index in [1.165, 1.54) is 6.92 Å². The highest BCUT2D eigenvalue weighted by Gasteiger charge is 2.23. The molecule has 0 spiro atoms. The van der Waals surface area contributed by atoms with Gasteiger partial charge in [0.15, 0.2) is 0 Å². The Hall–Kier alpha value is -1.84. The Morgan fingerprint density at radius 1 is 1.16 bits per heavy atom. The summed E-state index contributed by atoms with van der Waals surface area (Å²) in [5.41, 5.74) is 0.511. The maximum atomic E-state index is 11.8. The molecule has 0 heterocycles. The summed E-state index contributed by atoms with van der Waals surface area (Å²) in [4.78, 5) is 25.1. The van der Waals surface area contributed by atoms with Crippen LogP contribution in [-0.2, 0) is 9.59 Å². The fourth-order valence-electron chi connectivity index (χ4n) is 1.92. The van der Waals surface area contributed by atoms with E-state index < -0.39 is 0 Å². The number of nitrogens with one attached hydrogen (secondary N) is 1. The van der Waals surface area contributed by atoms with Gasteiger partial charge in [-0.05, 0) is 32.9 Å². The summed E-state index contributed by atoms with van der Waals surface area (Å²) in [7, 11) is 0. The highest BCUT2D eigenvalue weighted by atomic mass is 16.2. The van der Waals surface area contributed by atoms with Crippen LogP contribution in [0.3, 0.4) is 0 Å². The summed E-state index contributed by atoms with van der Waals surface area (Å²) in [6.07, 6.45) is 0.297. The molecule has 0 saturated heterocycles. The van der Waals surface area contributed by atoms with Crippen molar-refractivity contribution >= 4 is 17.5 Å². The van der Waals surface area contributed by atoms with Gasteiger partial charge in [-0.1, -0.05) is 18.2 Å². The van der Waals surface area contributed by atoms with Crippen LogP contribution < -0.4 is 5.32 Å². The van der Waals surface area contributed by atoms with Crippen LogP contribution in [0.5, 0.6) is 0 Å². The molecule has 4 heteroatoms. The first-order chi connectivity index (χ1) is 8.80. The Labute approximate surface area is 114 Å². The molecular formula is C15H22N2O2. The molecule has 2 amide bonds. The van der Waals surface area contributed by atoms with E-state index in [1.807, 2.05) is 51.1 Å². The first kappa shape index (κ1) is 15.2. The summed E-state index contributed by atoms with van der Waals surface area (Å²) >= 11 is 0. The van der Waals surface area contributed by atoms with Gasteiger partial charge in [-0.3, -0.25) is 9.59 Å². The van der Waals surface area contributed by atoms with E-state index in [0.717, 1.165) is 5.69 Å².